The van der Waals surface area contributed by atoms with Gasteiger partial charge in [-0.2, -0.15) is 0 Å². The predicted octanol–water partition coefficient (Wildman–Crippen LogP) is 3.41. The Bertz CT molecular complexity index is 601. The normalized spacial score (nSPS) is 22.5. The highest BCUT2D eigenvalue weighted by atomic mass is 16.2. The van der Waals surface area contributed by atoms with E-state index in [0.29, 0.717) is 19.4 Å². The quantitative estimate of drug-likeness (QED) is 0.921. The van der Waals surface area contributed by atoms with Crippen molar-refractivity contribution in [2.75, 3.05) is 0 Å². The molecule has 0 unspecified atom stereocenters. The van der Waals surface area contributed by atoms with Gasteiger partial charge in [-0.15, -0.1) is 0 Å². The molecule has 3 rings (SSSR count). The Labute approximate surface area is 144 Å². The van der Waals surface area contributed by atoms with Crippen molar-refractivity contribution in [2.24, 2.45) is 0 Å². The molecule has 1 aliphatic heterocycles. The van der Waals surface area contributed by atoms with E-state index in [2.05, 4.69) is 5.32 Å². The average Bonchev–Trinajstić information content (AvgIpc) is 2.62. The van der Waals surface area contributed by atoms with Gasteiger partial charge >= 0.3 is 0 Å². The second-order valence-corrected chi connectivity index (χ2v) is 7.21. The molecule has 1 heterocycles. The maximum absolute atomic E-state index is 13.5. The Kier molecular flexibility index (Phi) is 4.66. The highest BCUT2D eigenvalue weighted by Crippen LogP contribution is 2.39. The number of carbonyl (C=O) groups excluding carboxylic acids is 2. The molecule has 2 fully saturated rings. The summed E-state index contributed by atoms with van der Waals surface area (Å²) < 4.78 is 0. The van der Waals surface area contributed by atoms with Crippen LogP contribution in [-0.2, 0) is 16.1 Å². The summed E-state index contributed by atoms with van der Waals surface area (Å²) >= 11 is 0. The van der Waals surface area contributed by atoms with Crippen LogP contribution in [0.5, 0.6) is 0 Å². The molecule has 24 heavy (non-hydrogen) atoms. The molecule has 1 saturated carbocycles. The van der Waals surface area contributed by atoms with Crippen molar-refractivity contribution < 1.29 is 9.59 Å². The number of benzene rings is 1. The number of rotatable bonds is 4. The lowest BCUT2D eigenvalue weighted by atomic mass is 9.74. The second-order valence-electron chi connectivity index (χ2n) is 7.21. The Hall–Kier alpha value is -1.84. The highest BCUT2D eigenvalue weighted by molar-refractivity contribution is 6.02. The minimum atomic E-state index is -0.727. The molecule has 4 heteroatoms. The van der Waals surface area contributed by atoms with Crippen LogP contribution in [0.15, 0.2) is 30.3 Å². The summed E-state index contributed by atoms with van der Waals surface area (Å²) in [5.74, 6) is 0.152. The van der Waals surface area contributed by atoms with Gasteiger partial charge in [0.25, 0.3) is 0 Å². The summed E-state index contributed by atoms with van der Waals surface area (Å²) in [5.41, 5.74) is -0.314. The first-order valence-corrected chi connectivity index (χ1v) is 9.26. The Balaban J connectivity index is 2.00. The van der Waals surface area contributed by atoms with Gasteiger partial charge in [-0.05, 0) is 31.2 Å². The van der Waals surface area contributed by atoms with Crippen molar-refractivity contribution in [3.05, 3.63) is 35.9 Å². The summed E-state index contributed by atoms with van der Waals surface area (Å²) in [4.78, 5) is 28.5. The van der Waals surface area contributed by atoms with Crippen LogP contribution < -0.4 is 5.32 Å². The first kappa shape index (κ1) is 17.0. The fourth-order valence-corrected chi connectivity index (χ4v) is 4.40. The van der Waals surface area contributed by atoms with Gasteiger partial charge in [0.15, 0.2) is 0 Å². The molecule has 130 valence electrons. The van der Waals surface area contributed by atoms with E-state index in [1.165, 1.54) is 0 Å². The zero-order chi connectivity index (χ0) is 17.2. The van der Waals surface area contributed by atoms with Crippen molar-refractivity contribution in [1.82, 2.24) is 10.2 Å². The van der Waals surface area contributed by atoms with Gasteiger partial charge in [0.1, 0.15) is 11.1 Å². The number of hydrogen-bond acceptors (Lipinski definition) is 2. The maximum atomic E-state index is 13.5. The number of carbonyl (C=O) groups is 2. The van der Waals surface area contributed by atoms with E-state index >= 15 is 0 Å². The highest BCUT2D eigenvalue weighted by Gasteiger charge is 2.56. The molecule has 0 radical (unpaired) electrons. The van der Waals surface area contributed by atoms with E-state index in [-0.39, 0.29) is 11.8 Å². The molecule has 1 aromatic rings. The Morgan fingerprint density at radius 1 is 1.00 bits per heavy atom. The van der Waals surface area contributed by atoms with Crippen LogP contribution in [0.25, 0.3) is 0 Å². The third-order valence-electron chi connectivity index (χ3n) is 6.01. The van der Waals surface area contributed by atoms with Crippen LogP contribution in [0.4, 0.5) is 0 Å². The Morgan fingerprint density at radius 3 is 2.21 bits per heavy atom. The van der Waals surface area contributed by atoms with Gasteiger partial charge in [0.05, 0.1) is 0 Å². The number of amides is 2. The van der Waals surface area contributed by atoms with Crippen LogP contribution in [0.3, 0.4) is 0 Å². The largest absolute Gasteiger partial charge is 0.340 e. The fourth-order valence-electron chi connectivity index (χ4n) is 4.40. The zero-order valence-corrected chi connectivity index (χ0v) is 14.8. The summed E-state index contributed by atoms with van der Waals surface area (Å²) in [6, 6.07) is 10.0. The van der Waals surface area contributed by atoms with Crippen LogP contribution in [0.1, 0.15) is 64.4 Å². The molecule has 2 amide bonds. The van der Waals surface area contributed by atoms with Gasteiger partial charge in [-0.3, -0.25) is 9.59 Å². The standard InChI is InChI=1S/C20H28N2O2/c1-3-20(4-2)17(23)21-19(13-9-6-10-14-19)18(24)22(20)15-16-11-7-5-8-12-16/h5,7-8,11-12H,3-4,6,9-10,13-15H2,1-2H3,(H,21,23). The Morgan fingerprint density at radius 2 is 1.62 bits per heavy atom. The predicted molar refractivity (Wildman–Crippen MR) is 94.3 cm³/mol. The second kappa shape index (κ2) is 6.58. The van der Waals surface area contributed by atoms with Crippen LogP contribution in [0.2, 0.25) is 0 Å². The summed E-state index contributed by atoms with van der Waals surface area (Å²) in [7, 11) is 0. The molecule has 1 saturated heterocycles. The van der Waals surface area contributed by atoms with Gasteiger partial charge in [0.2, 0.25) is 11.8 Å². The topological polar surface area (TPSA) is 49.4 Å². The van der Waals surface area contributed by atoms with Gasteiger partial charge in [-0.1, -0.05) is 63.4 Å². The third-order valence-corrected chi connectivity index (χ3v) is 6.01. The molecule has 0 bridgehead atoms. The first-order valence-electron chi connectivity index (χ1n) is 9.26. The number of hydrogen-bond donors (Lipinski definition) is 1. The van der Waals surface area contributed by atoms with Gasteiger partial charge < -0.3 is 10.2 Å². The first-order chi connectivity index (χ1) is 11.6. The summed E-state index contributed by atoms with van der Waals surface area (Å²) in [6.45, 7) is 4.52. The van der Waals surface area contributed by atoms with Crippen molar-refractivity contribution in [1.29, 1.82) is 0 Å². The van der Waals surface area contributed by atoms with Crippen LogP contribution >= 0.6 is 0 Å². The minimum absolute atomic E-state index is 0.0323. The molecular formula is C20H28N2O2. The minimum Gasteiger partial charge on any atom is -0.340 e. The monoisotopic (exact) mass is 328 g/mol. The lowest BCUT2D eigenvalue weighted by Crippen LogP contribution is -2.75. The molecule has 1 spiro atoms. The molecule has 0 aromatic heterocycles. The number of nitrogens with one attached hydrogen (secondary N) is 1. The van der Waals surface area contributed by atoms with E-state index in [1.807, 2.05) is 49.1 Å². The summed E-state index contributed by atoms with van der Waals surface area (Å²) in [5, 5.41) is 3.16. The lowest BCUT2D eigenvalue weighted by molar-refractivity contribution is -0.166. The van der Waals surface area contributed by atoms with Gasteiger partial charge in [-0.25, -0.2) is 0 Å². The molecule has 0 atom stereocenters. The smallest absolute Gasteiger partial charge is 0.249 e. The molecule has 1 aromatic carbocycles. The van der Waals surface area contributed by atoms with E-state index in [0.717, 1.165) is 37.7 Å². The third kappa shape index (κ3) is 2.62. The lowest BCUT2D eigenvalue weighted by Gasteiger charge is -2.53. The van der Waals surface area contributed by atoms with Crippen molar-refractivity contribution in [3.8, 4) is 0 Å². The molecular weight excluding hydrogens is 300 g/mol. The number of nitrogens with zero attached hydrogens (tertiary/aromatic N) is 1. The van der Waals surface area contributed by atoms with Crippen LogP contribution in [-0.4, -0.2) is 27.8 Å². The number of piperazine rings is 1. The molecule has 1 N–H and O–H groups in total. The van der Waals surface area contributed by atoms with E-state index in [1.54, 1.807) is 0 Å². The summed E-state index contributed by atoms with van der Waals surface area (Å²) in [6.07, 6.45) is 6.00. The molecule has 2 aliphatic rings. The van der Waals surface area contributed by atoms with Crippen LogP contribution in [0, 0.1) is 0 Å². The van der Waals surface area contributed by atoms with Crippen molar-refractivity contribution >= 4 is 11.8 Å². The maximum Gasteiger partial charge on any atom is 0.249 e. The van der Waals surface area contributed by atoms with E-state index < -0.39 is 11.1 Å². The molecule has 1 aliphatic carbocycles. The fraction of sp³-hybridized carbons (Fsp3) is 0.600. The van der Waals surface area contributed by atoms with E-state index in [9.17, 15) is 9.59 Å². The molecule has 4 nitrogen and oxygen atoms in total. The van der Waals surface area contributed by atoms with E-state index in [4.69, 9.17) is 0 Å². The van der Waals surface area contributed by atoms with Gasteiger partial charge in [0, 0.05) is 6.54 Å². The SMILES string of the molecule is CCC1(CC)C(=O)NC2(CCCCC2)C(=O)N1Cc1ccccc1. The van der Waals surface area contributed by atoms with Crippen molar-refractivity contribution in [3.63, 3.8) is 0 Å². The average molecular weight is 328 g/mol. The zero-order valence-electron chi connectivity index (χ0n) is 14.8. The van der Waals surface area contributed by atoms with Crippen molar-refractivity contribution in [2.45, 2.75) is 76.4 Å².